The van der Waals surface area contributed by atoms with Gasteiger partial charge in [-0.3, -0.25) is 0 Å². The predicted octanol–water partition coefficient (Wildman–Crippen LogP) is 1.71. The Balaban J connectivity index is 2.64. The highest BCUT2D eigenvalue weighted by atomic mass is 32.2. The molecule has 2 aromatic carbocycles. The van der Waals surface area contributed by atoms with Gasteiger partial charge >= 0.3 is 0 Å². The van der Waals surface area contributed by atoms with Crippen molar-refractivity contribution < 1.29 is 13.5 Å². The second kappa shape index (κ2) is 4.20. The van der Waals surface area contributed by atoms with E-state index in [9.17, 15) is 13.5 Å². The van der Waals surface area contributed by atoms with Crippen LogP contribution >= 0.6 is 0 Å². The molecule has 0 amide bonds. The molecule has 0 fully saturated rings. The Bertz CT molecular complexity index is 633. The molecule has 0 heterocycles. The van der Waals surface area contributed by atoms with E-state index in [4.69, 9.17) is 5.14 Å². The topological polar surface area (TPSA) is 80.4 Å². The van der Waals surface area contributed by atoms with Gasteiger partial charge in [0.25, 0.3) is 0 Å². The molecule has 2 rings (SSSR count). The summed E-state index contributed by atoms with van der Waals surface area (Å²) in [6.45, 7) is 0. The summed E-state index contributed by atoms with van der Waals surface area (Å²) in [5.74, 6) is 0.127. The van der Waals surface area contributed by atoms with Crippen molar-refractivity contribution in [3.8, 4) is 16.9 Å². The van der Waals surface area contributed by atoms with Crippen LogP contribution in [0.3, 0.4) is 0 Å². The van der Waals surface area contributed by atoms with Crippen LogP contribution in [-0.4, -0.2) is 13.5 Å². The van der Waals surface area contributed by atoms with E-state index in [-0.39, 0.29) is 10.6 Å². The lowest BCUT2D eigenvalue weighted by Gasteiger charge is -2.07. The average Bonchev–Trinajstić information content (AvgIpc) is 2.29. The van der Waals surface area contributed by atoms with Crippen molar-refractivity contribution in [1.29, 1.82) is 0 Å². The largest absolute Gasteiger partial charge is 0.508 e. The maximum absolute atomic E-state index is 11.4. The first kappa shape index (κ1) is 11.6. The molecule has 0 saturated carbocycles. The molecule has 0 unspecified atom stereocenters. The smallest absolute Gasteiger partial charge is 0.238 e. The third kappa shape index (κ3) is 2.46. The second-order valence-corrected chi connectivity index (χ2v) is 5.12. The zero-order valence-corrected chi connectivity index (χ0v) is 9.68. The van der Waals surface area contributed by atoms with E-state index in [0.717, 1.165) is 0 Å². The predicted molar refractivity (Wildman–Crippen MR) is 64.9 cm³/mol. The monoisotopic (exact) mass is 249 g/mol. The third-order valence-electron chi connectivity index (χ3n) is 2.37. The van der Waals surface area contributed by atoms with E-state index in [1.165, 1.54) is 18.2 Å². The minimum Gasteiger partial charge on any atom is -0.508 e. The first-order valence-electron chi connectivity index (χ1n) is 4.90. The van der Waals surface area contributed by atoms with E-state index in [1.54, 1.807) is 30.3 Å². The van der Waals surface area contributed by atoms with Crippen molar-refractivity contribution in [1.82, 2.24) is 0 Å². The van der Waals surface area contributed by atoms with Gasteiger partial charge in [0.1, 0.15) is 5.75 Å². The van der Waals surface area contributed by atoms with Crippen LogP contribution in [0.5, 0.6) is 5.75 Å². The van der Waals surface area contributed by atoms with Crippen LogP contribution < -0.4 is 5.14 Å². The van der Waals surface area contributed by atoms with Crippen molar-refractivity contribution in [2.45, 2.75) is 4.90 Å². The van der Waals surface area contributed by atoms with Crippen molar-refractivity contribution in [3.63, 3.8) is 0 Å². The van der Waals surface area contributed by atoms with Crippen LogP contribution in [0.25, 0.3) is 11.1 Å². The molecule has 4 nitrogen and oxygen atoms in total. The number of phenols is 1. The van der Waals surface area contributed by atoms with E-state index >= 15 is 0 Å². The number of hydrogen-bond acceptors (Lipinski definition) is 3. The fraction of sp³-hybridized carbons (Fsp3) is 0. The third-order valence-corrected chi connectivity index (χ3v) is 3.34. The number of primary sulfonamides is 1. The van der Waals surface area contributed by atoms with Crippen LogP contribution in [0.2, 0.25) is 0 Å². The number of rotatable bonds is 2. The highest BCUT2D eigenvalue weighted by Crippen LogP contribution is 2.27. The normalized spacial score (nSPS) is 11.4. The standard InChI is InChI=1S/C12H11NO3S/c13-17(15,16)12-4-2-1-3-11(12)9-5-7-10(14)8-6-9/h1-8,14H,(H2,13,15,16). The second-order valence-electron chi connectivity index (χ2n) is 3.59. The lowest BCUT2D eigenvalue weighted by molar-refractivity contribution is 0.475. The summed E-state index contributed by atoms with van der Waals surface area (Å²) in [5.41, 5.74) is 1.21. The first-order chi connectivity index (χ1) is 7.98. The zero-order valence-electron chi connectivity index (χ0n) is 8.87. The van der Waals surface area contributed by atoms with Crippen LogP contribution in [0, 0.1) is 0 Å². The number of benzene rings is 2. The lowest BCUT2D eigenvalue weighted by atomic mass is 10.1. The Hall–Kier alpha value is -1.85. The molecule has 0 saturated heterocycles. The molecule has 3 N–H and O–H groups in total. The number of phenolic OH excluding ortho intramolecular Hbond substituents is 1. The van der Waals surface area contributed by atoms with E-state index in [0.29, 0.717) is 11.1 Å². The number of hydrogen-bond donors (Lipinski definition) is 2. The van der Waals surface area contributed by atoms with E-state index in [2.05, 4.69) is 0 Å². The molecule has 0 spiro atoms. The maximum atomic E-state index is 11.4. The minimum absolute atomic E-state index is 0.0747. The molecule has 0 aromatic heterocycles. The molecular weight excluding hydrogens is 238 g/mol. The Kier molecular flexibility index (Phi) is 2.87. The molecule has 0 bridgehead atoms. The van der Waals surface area contributed by atoms with Gasteiger partial charge in [0.15, 0.2) is 0 Å². The summed E-state index contributed by atoms with van der Waals surface area (Å²) in [6, 6.07) is 12.7. The molecule has 0 atom stereocenters. The van der Waals surface area contributed by atoms with Crippen molar-refractivity contribution in [2.75, 3.05) is 0 Å². The van der Waals surface area contributed by atoms with Gasteiger partial charge in [0.05, 0.1) is 4.90 Å². The van der Waals surface area contributed by atoms with Crippen LogP contribution in [0.15, 0.2) is 53.4 Å². The summed E-state index contributed by atoms with van der Waals surface area (Å²) in [7, 11) is -3.75. The maximum Gasteiger partial charge on any atom is 0.238 e. The summed E-state index contributed by atoms with van der Waals surface area (Å²) >= 11 is 0. The van der Waals surface area contributed by atoms with Gasteiger partial charge < -0.3 is 5.11 Å². The Morgan fingerprint density at radius 2 is 1.53 bits per heavy atom. The van der Waals surface area contributed by atoms with Gasteiger partial charge in [-0.2, -0.15) is 0 Å². The van der Waals surface area contributed by atoms with Crippen LogP contribution in [0.4, 0.5) is 0 Å². The van der Waals surface area contributed by atoms with E-state index in [1.807, 2.05) is 0 Å². The van der Waals surface area contributed by atoms with E-state index < -0.39 is 10.0 Å². The molecule has 88 valence electrons. The molecule has 5 heteroatoms. The van der Waals surface area contributed by atoms with Crippen LogP contribution in [-0.2, 0) is 10.0 Å². The number of nitrogens with two attached hydrogens (primary N) is 1. The summed E-state index contributed by atoms with van der Waals surface area (Å²) in [6.07, 6.45) is 0. The average molecular weight is 249 g/mol. The fourth-order valence-electron chi connectivity index (χ4n) is 1.59. The first-order valence-corrected chi connectivity index (χ1v) is 6.44. The highest BCUT2D eigenvalue weighted by Gasteiger charge is 2.13. The summed E-state index contributed by atoms with van der Waals surface area (Å²) in [5, 5.41) is 14.3. The molecule has 0 aliphatic heterocycles. The Morgan fingerprint density at radius 1 is 0.941 bits per heavy atom. The van der Waals surface area contributed by atoms with Crippen molar-refractivity contribution in [3.05, 3.63) is 48.5 Å². The Labute approximate surface area is 99.4 Å². The van der Waals surface area contributed by atoms with Gasteiger partial charge in [0, 0.05) is 5.56 Å². The fourth-order valence-corrected chi connectivity index (χ4v) is 2.35. The molecule has 0 radical (unpaired) electrons. The molecule has 17 heavy (non-hydrogen) atoms. The van der Waals surface area contributed by atoms with Crippen molar-refractivity contribution in [2.24, 2.45) is 5.14 Å². The molecule has 0 aliphatic carbocycles. The van der Waals surface area contributed by atoms with Gasteiger partial charge in [-0.15, -0.1) is 0 Å². The molecular formula is C12H11NO3S. The summed E-state index contributed by atoms with van der Waals surface area (Å²) < 4.78 is 22.8. The SMILES string of the molecule is NS(=O)(=O)c1ccccc1-c1ccc(O)cc1. The lowest BCUT2D eigenvalue weighted by Crippen LogP contribution is -2.13. The Morgan fingerprint density at radius 3 is 2.12 bits per heavy atom. The minimum atomic E-state index is -3.75. The quantitative estimate of drug-likeness (QED) is 0.850. The van der Waals surface area contributed by atoms with Gasteiger partial charge in [-0.05, 0) is 23.8 Å². The van der Waals surface area contributed by atoms with Gasteiger partial charge in [-0.25, -0.2) is 13.6 Å². The van der Waals surface area contributed by atoms with Crippen molar-refractivity contribution >= 4 is 10.0 Å². The number of aromatic hydroxyl groups is 1. The molecule has 2 aromatic rings. The van der Waals surface area contributed by atoms with Gasteiger partial charge in [-0.1, -0.05) is 30.3 Å². The van der Waals surface area contributed by atoms with Gasteiger partial charge in [0.2, 0.25) is 10.0 Å². The highest BCUT2D eigenvalue weighted by molar-refractivity contribution is 7.89. The number of sulfonamides is 1. The molecule has 0 aliphatic rings. The summed E-state index contributed by atoms with van der Waals surface area (Å²) in [4.78, 5) is 0.0747. The van der Waals surface area contributed by atoms with Crippen LogP contribution in [0.1, 0.15) is 0 Å². The zero-order chi connectivity index (χ0) is 12.5.